The summed E-state index contributed by atoms with van der Waals surface area (Å²) in [4.78, 5) is 12.3. The van der Waals surface area contributed by atoms with E-state index in [1.54, 1.807) is 12.1 Å². The number of nitrogens with one attached hydrogen (secondary N) is 3. The summed E-state index contributed by atoms with van der Waals surface area (Å²) in [5, 5.41) is 6.84. The van der Waals surface area contributed by atoms with E-state index in [0.717, 1.165) is 74.1 Å². The van der Waals surface area contributed by atoms with Gasteiger partial charge in [-0.3, -0.25) is 9.52 Å². The van der Waals surface area contributed by atoms with Gasteiger partial charge >= 0.3 is 0 Å². The normalized spacial score (nSPS) is 21.8. The van der Waals surface area contributed by atoms with E-state index < -0.39 is 32.0 Å². The number of benzene rings is 2. The molecule has 3 N–H and O–H groups in total. The van der Waals surface area contributed by atoms with E-state index in [-0.39, 0.29) is 17.5 Å². The molecule has 1 saturated carbocycles. The maximum Gasteiger partial charge on any atom is 0.264 e. The number of Topliss-reactive ketones (excluding diaryl/α,β-unsaturated/α-hetero) is 1. The third kappa shape index (κ3) is 3.57. The molecule has 2 aliphatic carbocycles. The van der Waals surface area contributed by atoms with Crippen LogP contribution in [0.2, 0.25) is 0 Å². The molecule has 1 unspecified atom stereocenters. The number of piperidine rings is 1. The number of carbonyl (C=O) groups is 1. The van der Waals surface area contributed by atoms with Crippen molar-refractivity contribution in [2.45, 2.75) is 54.9 Å². The number of hydrogen-bond acceptors (Lipinski definition) is 5. The summed E-state index contributed by atoms with van der Waals surface area (Å²) in [6.07, 6.45) is 4.79. The quantitative estimate of drug-likeness (QED) is 0.635. The first-order valence-corrected chi connectivity index (χ1v) is 12.4. The molecule has 0 radical (unpaired) electrons. The first-order chi connectivity index (χ1) is 15.3. The Balaban J connectivity index is 1.54. The minimum absolute atomic E-state index is 0.169. The van der Waals surface area contributed by atoms with Crippen LogP contribution < -0.4 is 15.4 Å². The monoisotopic (exact) mass is 461 g/mol. The van der Waals surface area contributed by atoms with Crippen LogP contribution in [0.4, 0.5) is 20.2 Å². The Bertz CT molecular complexity index is 1190. The van der Waals surface area contributed by atoms with Crippen molar-refractivity contribution >= 4 is 27.2 Å². The van der Waals surface area contributed by atoms with Crippen LogP contribution in [0.3, 0.4) is 0 Å². The third-order valence-electron chi connectivity index (χ3n) is 6.94. The highest BCUT2D eigenvalue weighted by molar-refractivity contribution is 7.92. The molecule has 1 spiro atoms. The van der Waals surface area contributed by atoms with Crippen LogP contribution >= 0.6 is 0 Å². The Hall–Kier alpha value is -2.52. The molecule has 2 aromatic rings. The van der Waals surface area contributed by atoms with Gasteiger partial charge in [0.2, 0.25) is 0 Å². The van der Waals surface area contributed by atoms with E-state index in [4.69, 9.17) is 0 Å². The molecule has 32 heavy (non-hydrogen) atoms. The number of anilines is 2. The van der Waals surface area contributed by atoms with E-state index >= 15 is 0 Å². The lowest BCUT2D eigenvalue weighted by Gasteiger charge is -2.38. The van der Waals surface area contributed by atoms with E-state index in [9.17, 15) is 22.0 Å². The fraction of sp³-hybridized carbons (Fsp3) is 0.435. The summed E-state index contributed by atoms with van der Waals surface area (Å²) in [7, 11) is -4.28. The summed E-state index contributed by atoms with van der Waals surface area (Å²) in [5.41, 5.74) is 2.25. The zero-order valence-electron chi connectivity index (χ0n) is 17.5. The largest absolute Gasteiger partial charge is 0.381 e. The molecular weight excluding hydrogens is 436 g/mol. The number of fused-ring (bicyclic) bond motifs is 2. The van der Waals surface area contributed by atoms with Crippen LogP contribution in [-0.4, -0.2) is 33.3 Å². The topological polar surface area (TPSA) is 87.3 Å². The lowest BCUT2D eigenvalue weighted by molar-refractivity contribution is -0.125. The van der Waals surface area contributed by atoms with Crippen molar-refractivity contribution in [3.8, 4) is 0 Å². The van der Waals surface area contributed by atoms with Gasteiger partial charge in [0.1, 0.15) is 22.3 Å². The number of hydrogen-bond donors (Lipinski definition) is 3. The maximum atomic E-state index is 14.2. The van der Waals surface area contributed by atoms with Gasteiger partial charge in [-0.05, 0) is 67.6 Å². The summed E-state index contributed by atoms with van der Waals surface area (Å²) in [5.74, 6) is -1.83. The van der Waals surface area contributed by atoms with Crippen LogP contribution in [0.1, 0.15) is 43.2 Å². The van der Waals surface area contributed by atoms with Gasteiger partial charge in [-0.25, -0.2) is 17.2 Å². The molecule has 3 aliphatic rings. The molecule has 1 heterocycles. The molecule has 0 amide bonds. The highest BCUT2D eigenvalue weighted by Gasteiger charge is 2.51. The molecule has 1 atom stereocenters. The second-order valence-corrected chi connectivity index (χ2v) is 10.6. The van der Waals surface area contributed by atoms with E-state index in [0.29, 0.717) is 12.5 Å². The van der Waals surface area contributed by atoms with Crippen molar-refractivity contribution in [1.82, 2.24) is 5.32 Å². The third-order valence-corrected chi connectivity index (χ3v) is 8.35. The van der Waals surface area contributed by atoms with Gasteiger partial charge in [-0.2, -0.15) is 0 Å². The minimum atomic E-state index is -4.28. The number of rotatable bonds is 5. The molecule has 170 valence electrons. The van der Waals surface area contributed by atoms with E-state index in [1.807, 2.05) is 0 Å². The predicted molar refractivity (Wildman–Crippen MR) is 117 cm³/mol. The van der Waals surface area contributed by atoms with Crippen LogP contribution in [-0.2, 0) is 26.7 Å². The van der Waals surface area contributed by atoms with Crippen molar-refractivity contribution in [2.24, 2.45) is 0 Å². The van der Waals surface area contributed by atoms with Crippen molar-refractivity contribution in [2.75, 3.05) is 23.1 Å². The first-order valence-electron chi connectivity index (χ1n) is 10.9. The molecule has 0 aromatic heterocycles. The summed E-state index contributed by atoms with van der Waals surface area (Å²) in [6.45, 7) is 1.74. The van der Waals surface area contributed by atoms with E-state index in [2.05, 4.69) is 15.4 Å². The zero-order valence-corrected chi connectivity index (χ0v) is 18.3. The first kappa shape index (κ1) is 21.3. The van der Waals surface area contributed by atoms with Gasteiger partial charge in [0.25, 0.3) is 10.0 Å². The standard InChI is InChI=1S/C23H25F2N3O3S/c24-14-4-5-21(19(25)9-14)32(30,31)28-16-10-18-17(12-22(29)23(18)6-2-7-23)20(11-16)27-15-3-1-8-26-13-15/h4-5,9-11,15,26-28H,1-3,6-8,12-13H2. The molecule has 1 saturated heterocycles. The number of ketones is 1. The fourth-order valence-corrected chi connectivity index (χ4v) is 6.23. The summed E-state index contributed by atoms with van der Waals surface area (Å²) in [6, 6.07) is 5.92. The SMILES string of the molecule is O=C1Cc2c(NC3CCCNC3)cc(NS(=O)(=O)c3ccc(F)cc3F)cc2C12CCC2. The zero-order chi connectivity index (χ0) is 22.5. The fourth-order valence-electron chi connectivity index (χ4n) is 5.13. The Kier molecular flexibility index (Phi) is 5.21. The van der Waals surface area contributed by atoms with Crippen molar-refractivity contribution in [1.29, 1.82) is 0 Å². The molecule has 2 aromatic carbocycles. The van der Waals surface area contributed by atoms with Gasteiger partial charge < -0.3 is 10.6 Å². The minimum Gasteiger partial charge on any atom is -0.381 e. The van der Waals surface area contributed by atoms with E-state index in [1.165, 1.54) is 0 Å². The van der Waals surface area contributed by atoms with Gasteiger partial charge in [0.15, 0.2) is 0 Å². The highest BCUT2D eigenvalue weighted by atomic mass is 32.2. The number of halogens is 2. The van der Waals surface area contributed by atoms with Gasteiger partial charge in [0, 0.05) is 30.8 Å². The lowest BCUT2D eigenvalue weighted by Crippen LogP contribution is -2.39. The van der Waals surface area contributed by atoms with Gasteiger partial charge in [-0.15, -0.1) is 0 Å². The second-order valence-electron chi connectivity index (χ2n) is 8.95. The van der Waals surface area contributed by atoms with Crippen LogP contribution in [0.25, 0.3) is 0 Å². The smallest absolute Gasteiger partial charge is 0.264 e. The molecule has 0 bridgehead atoms. The molecule has 2 fully saturated rings. The van der Waals surface area contributed by atoms with Crippen LogP contribution in [0, 0.1) is 11.6 Å². The van der Waals surface area contributed by atoms with Crippen LogP contribution in [0.15, 0.2) is 35.2 Å². The molecule has 1 aliphatic heterocycles. The lowest BCUT2D eigenvalue weighted by atomic mass is 9.64. The average molecular weight is 462 g/mol. The number of carbonyl (C=O) groups excluding carboxylic acids is 1. The van der Waals surface area contributed by atoms with Gasteiger partial charge in [-0.1, -0.05) is 6.42 Å². The number of sulfonamides is 1. The van der Waals surface area contributed by atoms with Crippen molar-refractivity contribution < 1.29 is 22.0 Å². The van der Waals surface area contributed by atoms with Crippen molar-refractivity contribution in [3.05, 3.63) is 53.1 Å². The maximum absolute atomic E-state index is 14.2. The molecule has 5 rings (SSSR count). The Morgan fingerprint density at radius 2 is 1.91 bits per heavy atom. The molecule has 6 nitrogen and oxygen atoms in total. The average Bonchev–Trinajstić information content (AvgIpc) is 3.00. The molecule has 9 heteroatoms. The Labute approximate surface area is 185 Å². The Morgan fingerprint density at radius 3 is 2.56 bits per heavy atom. The summed E-state index contributed by atoms with van der Waals surface area (Å²) >= 11 is 0. The van der Waals surface area contributed by atoms with Crippen molar-refractivity contribution in [3.63, 3.8) is 0 Å². The summed E-state index contributed by atoms with van der Waals surface area (Å²) < 4.78 is 55.6. The molecular formula is C23H25F2N3O3S. The predicted octanol–water partition coefficient (Wildman–Crippen LogP) is 3.48. The van der Waals surface area contributed by atoms with Crippen LogP contribution in [0.5, 0.6) is 0 Å². The Morgan fingerprint density at radius 1 is 1.09 bits per heavy atom. The van der Waals surface area contributed by atoms with Gasteiger partial charge in [0.05, 0.1) is 11.1 Å². The second kappa shape index (κ2) is 7.81. The highest BCUT2D eigenvalue weighted by Crippen LogP contribution is 2.53.